The Bertz CT molecular complexity index is 605. The lowest BCUT2D eigenvalue weighted by Crippen LogP contribution is -1.82. The molecule has 0 atom stereocenters. The summed E-state index contributed by atoms with van der Waals surface area (Å²) in [6.07, 6.45) is 4.28. The minimum Gasteiger partial charge on any atom is -0.322 e. The van der Waals surface area contributed by atoms with Crippen molar-refractivity contribution in [1.82, 2.24) is 4.40 Å². The van der Waals surface area contributed by atoms with E-state index < -0.39 is 0 Å². The molecule has 3 aromatic rings. The second-order valence-corrected chi connectivity index (χ2v) is 3.66. The number of hydrogen-bond acceptors (Lipinski definition) is 0. The summed E-state index contributed by atoms with van der Waals surface area (Å²) in [6, 6.07) is 12.7. The van der Waals surface area contributed by atoms with Crippen LogP contribution in [0.3, 0.4) is 0 Å². The Labute approximate surface area is 82.6 Å². The lowest BCUT2D eigenvalue weighted by Gasteiger charge is -1.98. The van der Waals surface area contributed by atoms with E-state index in [2.05, 4.69) is 60.1 Å². The van der Waals surface area contributed by atoms with Gasteiger partial charge < -0.3 is 4.40 Å². The fourth-order valence-electron chi connectivity index (χ4n) is 2.07. The van der Waals surface area contributed by atoms with E-state index in [1.54, 1.807) is 0 Å². The molecule has 14 heavy (non-hydrogen) atoms. The van der Waals surface area contributed by atoms with E-state index in [1.807, 2.05) is 0 Å². The summed E-state index contributed by atoms with van der Waals surface area (Å²) in [7, 11) is 0. The molecule has 68 valence electrons. The molecule has 0 N–H and O–H groups in total. The highest BCUT2D eigenvalue weighted by Gasteiger charge is 2.02. The molecule has 1 aromatic carbocycles. The van der Waals surface area contributed by atoms with Gasteiger partial charge in [-0.25, -0.2) is 0 Å². The quantitative estimate of drug-likeness (QED) is 0.500. The van der Waals surface area contributed by atoms with Gasteiger partial charge in [-0.3, -0.25) is 0 Å². The molecule has 0 saturated carbocycles. The highest BCUT2D eigenvalue weighted by molar-refractivity contribution is 5.98. The van der Waals surface area contributed by atoms with E-state index >= 15 is 0 Å². The predicted molar refractivity (Wildman–Crippen MR) is 59.6 cm³/mol. The highest BCUT2D eigenvalue weighted by Crippen LogP contribution is 2.23. The molecule has 0 fully saturated rings. The van der Waals surface area contributed by atoms with Gasteiger partial charge in [0.2, 0.25) is 0 Å². The third kappa shape index (κ3) is 0.896. The van der Waals surface area contributed by atoms with Crippen molar-refractivity contribution in [2.45, 2.75) is 6.92 Å². The first-order chi connectivity index (χ1) is 6.86. The Morgan fingerprint density at radius 1 is 1.00 bits per heavy atom. The van der Waals surface area contributed by atoms with E-state index in [0.717, 1.165) is 0 Å². The average Bonchev–Trinajstić information content (AvgIpc) is 2.57. The fourth-order valence-corrected chi connectivity index (χ4v) is 2.07. The maximum atomic E-state index is 2.19. The third-order valence-corrected chi connectivity index (χ3v) is 2.72. The molecule has 0 aliphatic carbocycles. The largest absolute Gasteiger partial charge is 0.322 e. The second kappa shape index (κ2) is 2.61. The van der Waals surface area contributed by atoms with Crippen LogP contribution in [-0.4, -0.2) is 4.40 Å². The zero-order valence-corrected chi connectivity index (χ0v) is 8.07. The van der Waals surface area contributed by atoms with Crippen LogP contribution in [0.4, 0.5) is 0 Å². The molecular weight excluding hydrogens is 170 g/mol. The molecule has 1 nitrogen and oxygen atoms in total. The number of rotatable bonds is 0. The van der Waals surface area contributed by atoms with Gasteiger partial charge >= 0.3 is 0 Å². The van der Waals surface area contributed by atoms with E-state index in [4.69, 9.17) is 0 Å². The van der Waals surface area contributed by atoms with E-state index in [-0.39, 0.29) is 0 Å². The SMILES string of the molecule is Cc1cccn2cc3ccccc3c12. The predicted octanol–water partition coefficient (Wildman–Crippen LogP) is 3.40. The first-order valence-electron chi connectivity index (χ1n) is 4.81. The summed E-state index contributed by atoms with van der Waals surface area (Å²) in [4.78, 5) is 0. The minimum atomic E-state index is 1.31. The Kier molecular flexibility index (Phi) is 1.42. The zero-order valence-electron chi connectivity index (χ0n) is 8.07. The summed E-state index contributed by atoms with van der Waals surface area (Å²) < 4.78 is 2.19. The van der Waals surface area contributed by atoms with Gasteiger partial charge in [0.05, 0.1) is 5.52 Å². The third-order valence-electron chi connectivity index (χ3n) is 2.72. The molecule has 0 radical (unpaired) electrons. The van der Waals surface area contributed by atoms with E-state index in [9.17, 15) is 0 Å². The van der Waals surface area contributed by atoms with Gasteiger partial charge in [-0.2, -0.15) is 0 Å². The van der Waals surface area contributed by atoms with Gasteiger partial charge in [0.25, 0.3) is 0 Å². The minimum absolute atomic E-state index is 1.31. The molecule has 2 aromatic heterocycles. The van der Waals surface area contributed by atoms with Crippen molar-refractivity contribution in [3.63, 3.8) is 0 Å². The van der Waals surface area contributed by atoms with Crippen LogP contribution in [0, 0.1) is 6.92 Å². The summed E-state index contributed by atoms with van der Waals surface area (Å²) in [5, 5.41) is 2.65. The fraction of sp³-hybridized carbons (Fsp3) is 0.0769. The van der Waals surface area contributed by atoms with Crippen molar-refractivity contribution in [3.05, 3.63) is 54.4 Å². The van der Waals surface area contributed by atoms with E-state index in [1.165, 1.54) is 21.9 Å². The van der Waals surface area contributed by atoms with Crippen LogP contribution >= 0.6 is 0 Å². The molecule has 0 bridgehead atoms. The maximum Gasteiger partial charge on any atom is 0.0557 e. The maximum absolute atomic E-state index is 2.19. The number of aromatic nitrogens is 1. The summed E-state index contributed by atoms with van der Waals surface area (Å²) >= 11 is 0. The molecular formula is C13H11N. The topological polar surface area (TPSA) is 4.41 Å². The Balaban J connectivity index is 2.65. The van der Waals surface area contributed by atoms with Crippen molar-refractivity contribution in [3.8, 4) is 0 Å². The van der Waals surface area contributed by atoms with Crippen molar-refractivity contribution in [2.75, 3.05) is 0 Å². The summed E-state index contributed by atoms with van der Waals surface area (Å²) in [5.41, 5.74) is 2.65. The van der Waals surface area contributed by atoms with E-state index in [0.29, 0.717) is 0 Å². The van der Waals surface area contributed by atoms with Gasteiger partial charge in [0.1, 0.15) is 0 Å². The molecule has 2 heterocycles. The van der Waals surface area contributed by atoms with Crippen molar-refractivity contribution in [1.29, 1.82) is 0 Å². The van der Waals surface area contributed by atoms with Gasteiger partial charge in [-0.15, -0.1) is 0 Å². The first-order valence-corrected chi connectivity index (χ1v) is 4.81. The van der Waals surface area contributed by atoms with Gasteiger partial charge in [0.15, 0.2) is 0 Å². The number of fused-ring (bicyclic) bond motifs is 3. The molecule has 0 amide bonds. The van der Waals surface area contributed by atoms with Gasteiger partial charge in [-0.1, -0.05) is 30.3 Å². The number of aryl methyl sites for hydroxylation is 1. The lowest BCUT2D eigenvalue weighted by atomic mass is 10.1. The van der Waals surface area contributed by atoms with Crippen molar-refractivity contribution in [2.24, 2.45) is 0 Å². The summed E-state index contributed by atoms with van der Waals surface area (Å²) in [6.45, 7) is 2.15. The van der Waals surface area contributed by atoms with Crippen LogP contribution in [0.1, 0.15) is 5.56 Å². The van der Waals surface area contributed by atoms with Crippen LogP contribution < -0.4 is 0 Å². The Morgan fingerprint density at radius 3 is 2.79 bits per heavy atom. The zero-order chi connectivity index (χ0) is 9.54. The number of benzene rings is 1. The van der Waals surface area contributed by atoms with Crippen molar-refractivity contribution >= 4 is 16.3 Å². The van der Waals surface area contributed by atoms with Crippen LogP contribution in [0.2, 0.25) is 0 Å². The average molecular weight is 181 g/mol. The summed E-state index contributed by atoms with van der Waals surface area (Å²) in [5.74, 6) is 0. The van der Waals surface area contributed by atoms with Crippen molar-refractivity contribution < 1.29 is 0 Å². The monoisotopic (exact) mass is 181 g/mol. The lowest BCUT2D eigenvalue weighted by molar-refractivity contribution is 1.19. The van der Waals surface area contributed by atoms with Crippen LogP contribution in [-0.2, 0) is 0 Å². The second-order valence-electron chi connectivity index (χ2n) is 3.66. The smallest absolute Gasteiger partial charge is 0.0557 e. The van der Waals surface area contributed by atoms with Crippen LogP contribution in [0.5, 0.6) is 0 Å². The molecule has 0 saturated heterocycles. The first kappa shape index (κ1) is 7.63. The number of hydrogen-bond donors (Lipinski definition) is 0. The van der Waals surface area contributed by atoms with Gasteiger partial charge in [-0.05, 0) is 18.6 Å². The highest BCUT2D eigenvalue weighted by atomic mass is 14.9. The Morgan fingerprint density at radius 2 is 1.86 bits per heavy atom. The van der Waals surface area contributed by atoms with Crippen LogP contribution in [0.15, 0.2) is 48.8 Å². The number of pyridine rings is 1. The molecule has 0 aliphatic rings. The molecule has 3 rings (SSSR count). The number of nitrogens with zero attached hydrogens (tertiary/aromatic N) is 1. The standard InChI is InChI=1S/C13H11N/c1-10-5-4-8-14-9-11-6-2-3-7-12(11)13(10)14/h2-9H,1H3. The van der Waals surface area contributed by atoms with Gasteiger partial charge in [0, 0.05) is 23.2 Å². The normalized spacial score (nSPS) is 11.2. The molecule has 0 aliphatic heterocycles. The molecule has 0 spiro atoms. The Hall–Kier alpha value is -1.76. The molecule has 0 unspecified atom stereocenters. The van der Waals surface area contributed by atoms with Crippen LogP contribution in [0.25, 0.3) is 16.3 Å². The molecule has 1 heteroatoms.